The van der Waals surface area contributed by atoms with Gasteiger partial charge >= 0.3 is 0 Å². The van der Waals surface area contributed by atoms with Crippen LogP contribution in [0.1, 0.15) is 37.7 Å². The summed E-state index contributed by atoms with van der Waals surface area (Å²) in [5.41, 5.74) is -1.16. The van der Waals surface area contributed by atoms with Gasteiger partial charge in [-0.25, -0.2) is 8.78 Å². The van der Waals surface area contributed by atoms with Gasteiger partial charge in [0.25, 0.3) is 0 Å². The number of aliphatic hydroxyl groups is 1. The van der Waals surface area contributed by atoms with Gasteiger partial charge < -0.3 is 5.11 Å². The fourth-order valence-corrected chi connectivity index (χ4v) is 5.59. The topological polar surface area (TPSA) is 37.3 Å². The maximum absolute atomic E-state index is 13.9. The van der Waals surface area contributed by atoms with E-state index < -0.39 is 28.0 Å². The highest BCUT2D eigenvalue weighted by Crippen LogP contribution is 2.45. The van der Waals surface area contributed by atoms with E-state index in [0.717, 1.165) is 31.4 Å². The molecule has 2 nitrogen and oxygen atoms in total. The van der Waals surface area contributed by atoms with E-state index >= 15 is 0 Å². The van der Waals surface area contributed by atoms with Gasteiger partial charge in [-0.15, -0.1) is 0 Å². The highest BCUT2D eigenvalue weighted by molar-refractivity contribution is 7.86. The molecule has 1 N–H and O–H groups in total. The first-order valence-corrected chi connectivity index (χ1v) is 7.84. The average Bonchev–Trinajstić information content (AvgIpc) is 2.31. The van der Waals surface area contributed by atoms with Crippen LogP contribution in [-0.2, 0) is 16.4 Å². The molecule has 0 aliphatic carbocycles. The number of rotatable bonds is 1. The van der Waals surface area contributed by atoms with Crippen molar-refractivity contribution in [1.29, 1.82) is 0 Å². The third-order valence-electron chi connectivity index (χ3n) is 4.27. The van der Waals surface area contributed by atoms with E-state index in [1.807, 2.05) is 0 Å². The van der Waals surface area contributed by atoms with Crippen molar-refractivity contribution in [2.75, 3.05) is 0 Å². The molecule has 2 bridgehead atoms. The molecule has 2 atom stereocenters. The van der Waals surface area contributed by atoms with Gasteiger partial charge in [-0.05, 0) is 31.7 Å². The second kappa shape index (κ2) is 4.63. The predicted octanol–water partition coefficient (Wildman–Crippen LogP) is 2.62. The van der Waals surface area contributed by atoms with Crippen LogP contribution in [0.5, 0.6) is 0 Å². The molecule has 2 aliphatic rings. The van der Waals surface area contributed by atoms with Crippen molar-refractivity contribution in [3.63, 3.8) is 0 Å². The van der Waals surface area contributed by atoms with Crippen LogP contribution < -0.4 is 0 Å². The number of halogens is 2. The molecule has 3 rings (SSSR count). The van der Waals surface area contributed by atoms with Crippen LogP contribution in [0.3, 0.4) is 0 Å². The van der Waals surface area contributed by atoms with Crippen molar-refractivity contribution >= 4 is 10.8 Å². The molecule has 0 spiro atoms. The van der Waals surface area contributed by atoms with Crippen molar-refractivity contribution in [2.45, 2.75) is 48.2 Å². The van der Waals surface area contributed by atoms with E-state index in [-0.39, 0.29) is 16.1 Å². The maximum Gasteiger partial charge on any atom is 0.132 e. The Kier molecular flexibility index (Phi) is 3.21. The lowest BCUT2D eigenvalue weighted by atomic mass is 9.80. The molecule has 2 unspecified atom stereocenters. The summed E-state index contributed by atoms with van der Waals surface area (Å²) in [5.74, 6) is -1.36. The zero-order chi connectivity index (χ0) is 13.6. The van der Waals surface area contributed by atoms with E-state index in [9.17, 15) is 18.1 Å². The minimum Gasteiger partial charge on any atom is -0.385 e. The first-order chi connectivity index (χ1) is 8.99. The molecule has 1 aromatic carbocycles. The Labute approximate surface area is 113 Å². The van der Waals surface area contributed by atoms with Crippen LogP contribution >= 0.6 is 0 Å². The van der Waals surface area contributed by atoms with Crippen LogP contribution in [-0.4, -0.2) is 19.8 Å². The van der Waals surface area contributed by atoms with Gasteiger partial charge in [-0.1, -0.05) is 12.5 Å². The van der Waals surface area contributed by atoms with E-state index in [0.29, 0.717) is 12.8 Å². The normalized spacial score (nSPS) is 38.2. The standard InChI is InChI=1S/C14H16F2O2S/c15-9-4-5-12(13(16)6-9)14(17)7-10-2-1-3-11(8-14)19(10)18/h4-6,10-11,17H,1-3,7-8H2. The molecule has 19 heavy (non-hydrogen) atoms. The van der Waals surface area contributed by atoms with Gasteiger partial charge in [0.1, 0.15) is 11.6 Å². The molecule has 2 saturated heterocycles. The highest BCUT2D eigenvalue weighted by Gasteiger charge is 2.47. The Morgan fingerprint density at radius 1 is 1.21 bits per heavy atom. The zero-order valence-electron chi connectivity index (χ0n) is 10.4. The number of benzene rings is 1. The van der Waals surface area contributed by atoms with Crippen molar-refractivity contribution in [1.82, 2.24) is 0 Å². The number of hydrogen-bond acceptors (Lipinski definition) is 2. The third-order valence-corrected chi connectivity index (χ3v) is 6.39. The van der Waals surface area contributed by atoms with E-state index in [2.05, 4.69) is 0 Å². The van der Waals surface area contributed by atoms with Crippen LogP contribution in [0.2, 0.25) is 0 Å². The van der Waals surface area contributed by atoms with Crippen molar-refractivity contribution in [2.24, 2.45) is 0 Å². The molecule has 0 aromatic heterocycles. The Morgan fingerprint density at radius 2 is 1.84 bits per heavy atom. The van der Waals surface area contributed by atoms with Gasteiger partial charge in [0.2, 0.25) is 0 Å². The van der Waals surface area contributed by atoms with Gasteiger partial charge in [-0.3, -0.25) is 4.21 Å². The second-order valence-electron chi connectivity index (χ2n) is 5.57. The summed E-state index contributed by atoms with van der Waals surface area (Å²) in [4.78, 5) is 0. The smallest absolute Gasteiger partial charge is 0.132 e. The third kappa shape index (κ3) is 2.23. The average molecular weight is 286 g/mol. The van der Waals surface area contributed by atoms with E-state index in [1.54, 1.807) is 0 Å². The molecule has 2 heterocycles. The summed E-state index contributed by atoms with van der Waals surface area (Å²) in [6.07, 6.45) is 3.25. The minimum atomic E-state index is -1.30. The first-order valence-electron chi connectivity index (χ1n) is 6.57. The fraction of sp³-hybridized carbons (Fsp3) is 0.571. The number of fused-ring (bicyclic) bond motifs is 2. The van der Waals surface area contributed by atoms with Gasteiger partial charge in [0.15, 0.2) is 0 Å². The van der Waals surface area contributed by atoms with Crippen LogP contribution in [0.15, 0.2) is 18.2 Å². The first kappa shape index (κ1) is 13.2. The molecule has 0 amide bonds. The quantitative estimate of drug-likeness (QED) is 0.861. The molecule has 2 fully saturated rings. The monoisotopic (exact) mass is 286 g/mol. The molecular weight excluding hydrogens is 270 g/mol. The fourth-order valence-electron chi connectivity index (χ4n) is 3.37. The summed E-state index contributed by atoms with van der Waals surface area (Å²) >= 11 is 0. The Morgan fingerprint density at radius 3 is 2.42 bits per heavy atom. The van der Waals surface area contributed by atoms with Crippen LogP contribution in [0, 0.1) is 11.6 Å². The van der Waals surface area contributed by atoms with Crippen molar-refractivity contribution in [3.05, 3.63) is 35.4 Å². The lowest BCUT2D eigenvalue weighted by molar-refractivity contribution is 0.00329. The molecule has 1 aromatic rings. The largest absolute Gasteiger partial charge is 0.385 e. The predicted molar refractivity (Wildman–Crippen MR) is 69.1 cm³/mol. The SMILES string of the molecule is O=S1C2CCCC1CC(O)(c1ccc(F)cc1F)C2. The molecule has 5 heteroatoms. The Bertz CT molecular complexity index is 516. The lowest BCUT2D eigenvalue weighted by Crippen LogP contribution is -2.47. The molecule has 104 valence electrons. The summed E-state index contributed by atoms with van der Waals surface area (Å²) in [6, 6.07) is 3.28. The molecule has 0 radical (unpaired) electrons. The van der Waals surface area contributed by atoms with Crippen LogP contribution in [0.4, 0.5) is 8.78 Å². The van der Waals surface area contributed by atoms with Crippen molar-refractivity contribution in [3.8, 4) is 0 Å². The van der Waals surface area contributed by atoms with Crippen molar-refractivity contribution < 1.29 is 18.1 Å². The molecular formula is C14H16F2O2S. The molecule has 0 saturated carbocycles. The lowest BCUT2D eigenvalue weighted by Gasteiger charge is -2.43. The maximum atomic E-state index is 13.9. The zero-order valence-corrected chi connectivity index (χ0v) is 11.3. The Hall–Kier alpha value is -0.810. The van der Waals surface area contributed by atoms with E-state index in [4.69, 9.17) is 0 Å². The summed E-state index contributed by atoms with van der Waals surface area (Å²) in [5, 5.41) is 10.6. The van der Waals surface area contributed by atoms with Gasteiger partial charge in [0, 0.05) is 32.9 Å². The second-order valence-corrected chi connectivity index (χ2v) is 7.56. The minimum absolute atomic E-state index is 0.0676. The highest BCUT2D eigenvalue weighted by atomic mass is 32.2. The number of hydrogen-bond donors (Lipinski definition) is 1. The van der Waals surface area contributed by atoms with E-state index in [1.165, 1.54) is 6.07 Å². The van der Waals surface area contributed by atoms with Gasteiger partial charge in [-0.2, -0.15) is 0 Å². The Balaban J connectivity index is 1.97. The summed E-state index contributed by atoms with van der Waals surface area (Å²) in [7, 11) is -0.924. The van der Waals surface area contributed by atoms with Gasteiger partial charge in [0.05, 0.1) is 5.60 Å². The van der Waals surface area contributed by atoms with Crippen LogP contribution in [0.25, 0.3) is 0 Å². The summed E-state index contributed by atoms with van der Waals surface area (Å²) in [6.45, 7) is 0. The summed E-state index contributed by atoms with van der Waals surface area (Å²) < 4.78 is 39.0. The molecule has 2 aliphatic heterocycles.